The van der Waals surface area contributed by atoms with E-state index in [1.807, 2.05) is 29.6 Å². The monoisotopic (exact) mass is 310 g/mol. The van der Waals surface area contributed by atoms with E-state index in [4.69, 9.17) is 27.9 Å². The molecule has 1 fully saturated rings. The van der Waals surface area contributed by atoms with Gasteiger partial charge in [0.1, 0.15) is 5.75 Å². The summed E-state index contributed by atoms with van der Waals surface area (Å²) in [6.07, 6.45) is 0.841. The topological polar surface area (TPSA) is 9.23 Å². The molecule has 0 N–H and O–H groups in total. The number of benzene rings is 1. The quantitative estimate of drug-likeness (QED) is 0.689. The Balaban J connectivity index is 1.92. The number of ether oxygens (including phenoxy) is 1. The van der Waals surface area contributed by atoms with Gasteiger partial charge in [-0.1, -0.05) is 54.4 Å². The Labute approximate surface area is 126 Å². The minimum Gasteiger partial charge on any atom is -0.478 e. The van der Waals surface area contributed by atoms with Crippen LogP contribution in [0.3, 0.4) is 0 Å². The van der Waals surface area contributed by atoms with Crippen molar-refractivity contribution in [1.82, 2.24) is 0 Å². The van der Waals surface area contributed by atoms with E-state index in [2.05, 4.69) is 19.1 Å². The van der Waals surface area contributed by atoms with Gasteiger partial charge >= 0.3 is 0 Å². The standard InChI is InChI=1S/C15H12Cl2OS/c1-13-9-10-5-2-3-6-11(10)18-14(13,15(13,16)17)12-7-4-8-19-12/h2-8H,9H2,1H3/t13-,14-/m0/s1. The molecular weight excluding hydrogens is 299 g/mol. The highest BCUT2D eigenvalue weighted by atomic mass is 35.5. The molecule has 0 bridgehead atoms. The van der Waals surface area contributed by atoms with E-state index in [0.717, 1.165) is 17.0 Å². The smallest absolute Gasteiger partial charge is 0.185 e. The predicted octanol–water partition coefficient (Wildman–Crippen LogP) is 4.77. The molecule has 2 aliphatic rings. The van der Waals surface area contributed by atoms with Crippen molar-refractivity contribution in [2.24, 2.45) is 5.41 Å². The average Bonchev–Trinajstić information content (AvgIpc) is 2.82. The van der Waals surface area contributed by atoms with Crippen LogP contribution in [-0.2, 0) is 12.0 Å². The van der Waals surface area contributed by atoms with Gasteiger partial charge in [-0.15, -0.1) is 11.3 Å². The van der Waals surface area contributed by atoms with Crippen LogP contribution >= 0.6 is 34.5 Å². The van der Waals surface area contributed by atoms with E-state index in [0.29, 0.717) is 0 Å². The maximum absolute atomic E-state index is 6.64. The minimum atomic E-state index is -0.885. The van der Waals surface area contributed by atoms with Crippen LogP contribution in [0.2, 0.25) is 0 Å². The second-order valence-corrected chi connectivity index (χ2v) is 7.73. The Morgan fingerprint density at radius 2 is 1.95 bits per heavy atom. The van der Waals surface area contributed by atoms with Crippen LogP contribution in [0.1, 0.15) is 17.4 Å². The first kappa shape index (κ1) is 12.1. The first-order valence-corrected chi connectivity index (χ1v) is 7.85. The third-order valence-corrected chi connectivity index (χ3v) is 6.83. The molecule has 1 aliphatic heterocycles. The van der Waals surface area contributed by atoms with Crippen molar-refractivity contribution in [2.75, 3.05) is 0 Å². The molecule has 0 saturated heterocycles. The van der Waals surface area contributed by atoms with Crippen LogP contribution in [0.25, 0.3) is 0 Å². The summed E-state index contributed by atoms with van der Waals surface area (Å²) < 4.78 is 5.42. The number of halogens is 2. The van der Waals surface area contributed by atoms with Gasteiger partial charge in [0.2, 0.25) is 0 Å². The van der Waals surface area contributed by atoms with Crippen LogP contribution in [0, 0.1) is 5.41 Å². The van der Waals surface area contributed by atoms with Crippen molar-refractivity contribution >= 4 is 34.5 Å². The average molecular weight is 311 g/mol. The molecule has 4 rings (SSSR count). The van der Waals surface area contributed by atoms with Gasteiger partial charge in [0, 0.05) is 0 Å². The Kier molecular flexibility index (Phi) is 2.22. The fraction of sp³-hybridized carbons (Fsp3) is 0.333. The third-order valence-electron chi connectivity index (χ3n) is 4.50. The van der Waals surface area contributed by atoms with Crippen molar-refractivity contribution in [1.29, 1.82) is 0 Å². The Hall–Kier alpha value is -0.700. The summed E-state index contributed by atoms with van der Waals surface area (Å²) in [5, 5.41) is 2.04. The molecule has 0 radical (unpaired) electrons. The summed E-state index contributed by atoms with van der Waals surface area (Å²) in [7, 11) is 0. The van der Waals surface area contributed by atoms with Crippen molar-refractivity contribution in [3.8, 4) is 5.75 Å². The summed E-state index contributed by atoms with van der Waals surface area (Å²) in [6, 6.07) is 12.2. The zero-order chi connectivity index (χ0) is 13.3. The van der Waals surface area contributed by atoms with Gasteiger partial charge in [-0.2, -0.15) is 0 Å². The van der Waals surface area contributed by atoms with Crippen LogP contribution in [-0.4, -0.2) is 4.33 Å². The molecule has 0 amide bonds. The highest BCUT2D eigenvalue weighted by Crippen LogP contribution is 2.81. The number of para-hydroxylation sites is 1. The highest BCUT2D eigenvalue weighted by Gasteiger charge is 2.89. The molecule has 2 heterocycles. The Bertz CT molecular complexity index is 652. The molecule has 19 heavy (non-hydrogen) atoms. The maximum atomic E-state index is 6.64. The van der Waals surface area contributed by atoms with Gasteiger partial charge in [-0.05, 0) is 29.5 Å². The number of fused-ring (bicyclic) bond motifs is 2. The lowest BCUT2D eigenvalue weighted by Gasteiger charge is -2.29. The SMILES string of the molecule is C[C@]12Cc3ccccc3O[C@]1(c1cccs1)C2(Cl)Cl. The molecule has 1 aromatic carbocycles. The molecule has 1 nitrogen and oxygen atoms in total. The van der Waals surface area contributed by atoms with Gasteiger partial charge in [-0.3, -0.25) is 0 Å². The van der Waals surface area contributed by atoms with Crippen molar-refractivity contribution in [2.45, 2.75) is 23.3 Å². The molecule has 0 unspecified atom stereocenters. The number of hydrogen-bond donors (Lipinski definition) is 0. The minimum absolute atomic E-state index is 0.275. The zero-order valence-corrected chi connectivity index (χ0v) is 12.6. The van der Waals surface area contributed by atoms with Gasteiger partial charge in [0.15, 0.2) is 9.93 Å². The number of hydrogen-bond acceptors (Lipinski definition) is 2. The molecule has 1 saturated carbocycles. The first-order valence-electron chi connectivity index (χ1n) is 6.22. The van der Waals surface area contributed by atoms with Crippen LogP contribution < -0.4 is 4.74 Å². The van der Waals surface area contributed by atoms with E-state index in [1.54, 1.807) is 11.3 Å². The first-order chi connectivity index (χ1) is 9.03. The van der Waals surface area contributed by atoms with E-state index < -0.39 is 9.93 Å². The van der Waals surface area contributed by atoms with E-state index in [-0.39, 0.29) is 5.41 Å². The summed E-state index contributed by atoms with van der Waals surface area (Å²) in [4.78, 5) is 1.11. The fourth-order valence-electron chi connectivity index (χ4n) is 3.31. The summed E-state index contributed by atoms with van der Waals surface area (Å²) in [5.41, 5.74) is 0.300. The van der Waals surface area contributed by atoms with Crippen molar-refractivity contribution < 1.29 is 4.74 Å². The molecule has 2 aromatic rings. The normalized spacial score (nSPS) is 34.1. The zero-order valence-electron chi connectivity index (χ0n) is 10.3. The summed E-state index contributed by atoms with van der Waals surface area (Å²) >= 11 is 14.9. The van der Waals surface area contributed by atoms with Gasteiger partial charge in [0.05, 0.1) is 10.3 Å². The lowest BCUT2D eigenvalue weighted by Crippen LogP contribution is -2.29. The van der Waals surface area contributed by atoms with E-state index in [1.165, 1.54) is 5.56 Å². The van der Waals surface area contributed by atoms with E-state index in [9.17, 15) is 0 Å². The predicted molar refractivity (Wildman–Crippen MR) is 79.3 cm³/mol. The fourth-order valence-corrected chi connectivity index (χ4v) is 5.48. The highest BCUT2D eigenvalue weighted by molar-refractivity contribution is 7.10. The molecular formula is C15H12Cl2OS. The Morgan fingerprint density at radius 3 is 2.68 bits per heavy atom. The van der Waals surface area contributed by atoms with Crippen molar-refractivity contribution in [3.63, 3.8) is 0 Å². The number of rotatable bonds is 1. The second kappa shape index (κ2) is 3.49. The molecule has 4 heteroatoms. The molecule has 0 spiro atoms. The lowest BCUT2D eigenvalue weighted by atomic mass is 9.90. The molecule has 1 aliphatic carbocycles. The van der Waals surface area contributed by atoms with Crippen molar-refractivity contribution in [3.05, 3.63) is 52.2 Å². The molecule has 2 atom stereocenters. The summed E-state index contributed by atoms with van der Waals surface area (Å²) in [5.74, 6) is 0.900. The van der Waals surface area contributed by atoms with Crippen LogP contribution in [0.4, 0.5) is 0 Å². The van der Waals surface area contributed by atoms with E-state index >= 15 is 0 Å². The number of thiophene rings is 1. The van der Waals surface area contributed by atoms with Crippen LogP contribution in [0.15, 0.2) is 41.8 Å². The molecule has 1 aromatic heterocycles. The summed E-state index contributed by atoms with van der Waals surface area (Å²) in [6.45, 7) is 2.11. The van der Waals surface area contributed by atoms with Gasteiger partial charge in [-0.25, -0.2) is 0 Å². The Morgan fingerprint density at radius 1 is 1.16 bits per heavy atom. The van der Waals surface area contributed by atoms with Gasteiger partial charge < -0.3 is 4.74 Å². The lowest BCUT2D eigenvalue weighted by molar-refractivity contribution is 0.115. The number of alkyl halides is 2. The van der Waals surface area contributed by atoms with Gasteiger partial charge in [0.25, 0.3) is 0 Å². The largest absolute Gasteiger partial charge is 0.478 e. The molecule has 98 valence electrons. The second-order valence-electron chi connectivity index (χ2n) is 5.45. The maximum Gasteiger partial charge on any atom is 0.185 e. The van der Waals surface area contributed by atoms with Crippen LogP contribution in [0.5, 0.6) is 5.75 Å². The third kappa shape index (κ3) is 1.19.